The Morgan fingerprint density at radius 2 is 2.08 bits per heavy atom. The van der Waals surface area contributed by atoms with Gasteiger partial charge in [0.25, 0.3) is 0 Å². The Bertz CT molecular complexity index is 873. The topological polar surface area (TPSA) is 30.7 Å². The fourth-order valence-corrected chi connectivity index (χ4v) is 4.67. The van der Waals surface area contributed by atoms with Gasteiger partial charge in [-0.2, -0.15) is 0 Å². The summed E-state index contributed by atoms with van der Waals surface area (Å²) in [7, 11) is 0. The minimum absolute atomic E-state index is 0.323. The van der Waals surface area contributed by atoms with E-state index in [1.54, 1.807) is 29.2 Å². The monoisotopic (exact) mass is 395 g/mol. The summed E-state index contributed by atoms with van der Waals surface area (Å²) < 4.78 is 15.3. The first kappa shape index (κ1) is 18.4. The van der Waals surface area contributed by atoms with Crippen LogP contribution in [0.25, 0.3) is 11.4 Å². The van der Waals surface area contributed by atoms with Gasteiger partial charge in [0.2, 0.25) is 0 Å². The molecule has 0 unspecified atom stereocenters. The minimum Gasteiger partial charge on any atom is -0.302 e. The molecule has 3 nitrogen and oxygen atoms in total. The molecule has 1 aromatic carbocycles. The first-order valence-corrected chi connectivity index (χ1v) is 10.3. The molecular formula is C18H19ClFN3S2. The summed E-state index contributed by atoms with van der Waals surface area (Å²) >= 11 is 9.42. The lowest BCUT2D eigenvalue weighted by atomic mass is 10.1. The quantitative estimate of drug-likeness (QED) is 0.463. The minimum atomic E-state index is -0.323. The Kier molecular flexibility index (Phi) is 5.81. The largest absolute Gasteiger partial charge is 0.302 e. The number of hydrogen-bond donors (Lipinski definition) is 0. The number of nitrogens with zero attached hydrogens (tertiary/aromatic N) is 3. The molecule has 2 heterocycles. The second kappa shape index (κ2) is 7.89. The Morgan fingerprint density at radius 3 is 2.72 bits per heavy atom. The lowest BCUT2D eigenvalue weighted by Crippen LogP contribution is -1.99. The predicted octanol–water partition coefficient (Wildman–Crippen LogP) is 6.23. The van der Waals surface area contributed by atoms with Gasteiger partial charge in [-0.15, -0.1) is 21.5 Å². The zero-order chi connectivity index (χ0) is 18.0. The average molecular weight is 396 g/mol. The van der Waals surface area contributed by atoms with Gasteiger partial charge < -0.3 is 4.57 Å². The predicted molar refractivity (Wildman–Crippen MR) is 104 cm³/mol. The van der Waals surface area contributed by atoms with Crippen LogP contribution in [0.2, 0.25) is 5.02 Å². The first-order valence-electron chi connectivity index (χ1n) is 8.08. The molecule has 0 aliphatic carbocycles. The standard InChI is InChI=1S/C18H19ClFN3S2/c1-4-23-17(13-7-16(11(2)3)24-10-13)21-22-18(23)25-9-12-5-6-14(20)8-15(12)19/h5-8,10-11H,4,9H2,1-3H3. The van der Waals surface area contributed by atoms with Crippen LogP contribution in [-0.4, -0.2) is 14.8 Å². The van der Waals surface area contributed by atoms with Crippen LogP contribution in [0.1, 0.15) is 37.1 Å². The third-order valence-electron chi connectivity index (χ3n) is 3.85. The third-order valence-corrected chi connectivity index (χ3v) is 6.45. The van der Waals surface area contributed by atoms with Crippen LogP contribution in [0, 0.1) is 5.82 Å². The highest BCUT2D eigenvalue weighted by Gasteiger charge is 2.16. The van der Waals surface area contributed by atoms with Crippen LogP contribution in [0.4, 0.5) is 4.39 Å². The number of benzene rings is 1. The fraction of sp³-hybridized carbons (Fsp3) is 0.333. The fourth-order valence-electron chi connectivity index (χ4n) is 2.45. The summed E-state index contributed by atoms with van der Waals surface area (Å²) in [5.41, 5.74) is 1.99. The molecule has 0 spiro atoms. The third kappa shape index (κ3) is 4.07. The van der Waals surface area contributed by atoms with Gasteiger partial charge in [-0.05, 0) is 36.6 Å². The number of thiophene rings is 1. The molecule has 0 saturated heterocycles. The zero-order valence-electron chi connectivity index (χ0n) is 14.3. The van der Waals surface area contributed by atoms with E-state index in [0.717, 1.165) is 28.7 Å². The van der Waals surface area contributed by atoms with Crippen molar-refractivity contribution in [3.05, 3.63) is 50.9 Å². The highest BCUT2D eigenvalue weighted by molar-refractivity contribution is 7.98. The molecule has 0 fully saturated rings. The molecule has 0 saturated carbocycles. The average Bonchev–Trinajstić information content (AvgIpc) is 3.20. The van der Waals surface area contributed by atoms with Crippen LogP contribution in [-0.2, 0) is 12.3 Å². The van der Waals surface area contributed by atoms with Crippen LogP contribution in [0.5, 0.6) is 0 Å². The zero-order valence-corrected chi connectivity index (χ0v) is 16.7. The molecule has 3 aromatic rings. The summed E-state index contributed by atoms with van der Waals surface area (Å²) in [6, 6.07) is 6.67. The van der Waals surface area contributed by atoms with Gasteiger partial charge in [0.1, 0.15) is 5.82 Å². The van der Waals surface area contributed by atoms with Crippen molar-refractivity contribution in [3.63, 3.8) is 0 Å². The Labute approximate surface area is 160 Å². The van der Waals surface area contributed by atoms with Crippen LogP contribution >= 0.6 is 34.7 Å². The van der Waals surface area contributed by atoms with Crippen molar-refractivity contribution < 1.29 is 4.39 Å². The van der Waals surface area contributed by atoms with E-state index >= 15 is 0 Å². The van der Waals surface area contributed by atoms with Crippen molar-refractivity contribution in [3.8, 4) is 11.4 Å². The summed E-state index contributed by atoms with van der Waals surface area (Å²) in [5, 5.41) is 12.1. The SMILES string of the molecule is CCn1c(SCc2ccc(F)cc2Cl)nnc1-c1csc(C(C)C)c1. The van der Waals surface area contributed by atoms with Crippen molar-refractivity contribution in [2.24, 2.45) is 0 Å². The number of rotatable bonds is 6. The lowest BCUT2D eigenvalue weighted by molar-refractivity contribution is 0.627. The van der Waals surface area contributed by atoms with Gasteiger partial charge in [0, 0.05) is 33.1 Å². The Balaban J connectivity index is 1.82. The van der Waals surface area contributed by atoms with Crippen LogP contribution in [0.15, 0.2) is 34.8 Å². The smallest absolute Gasteiger partial charge is 0.191 e. The number of halogens is 2. The molecule has 3 rings (SSSR count). The molecule has 0 aliphatic heterocycles. The highest BCUT2D eigenvalue weighted by Crippen LogP contribution is 2.32. The molecule has 0 bridgehead atoms. The molecular weight excluding hydrogens is 377 g/mol. The number of aromatic nitrogens is 3. The molecule has 0 radical (unpaired) electrons. The van der Waals surface area contributed by atoms with E-state index in [4.69, 9.17) is 11.6 Å². The molecule has 0 atom stereocenters. The molecule has 132 valence electrons. The van der Waals surface area contributed by atoms with Crippen molar-refractivity contribution in [2.75, 3.05) is 0 Å². The van der Waals surface area contributed by atoms with E-state index in [9.17, 15) is 4.39 Å². The maximum atomic E-state index is 13.2. The molecule has 7 heteroatoms. The van der Waals surface area contributed by atoms with Gasteiger partial charge in [-0.25, -0.2) is 4.39 Å². The van der Waals surface area contributed by atoms with Gasteiger partial charge >= 0.3 is 0 Å². The van der Waals surface area contributed by atoms with Crippen LogP contribution < -0.4 is 0 Å². The van der Waals surface area contributed by atoms with Gasteiger partial charge in [0.15, 0.2) is 11.0 Å². The van der Waals surface area contributed by atoms with E-state index in [1.807, 2.05) is 0 Å². The van der Waals surface area contributed by atoms with E-state index < -0.39 is 0 Å². The first-order chi connectivity index (χ1) is 12.0. The van der Waals surface area contributed by atoms with Gasteiger partial charge in [0.05, 0.1) is 0 Å². The van der Waals surface area contributed by atoms with Crippen molar-refractivity contribution in [2.45, 2.75) is 44.1 Å². The normalized spacial score (nSPS) is 11.4. The Morgan fingerprint density at radius 1 is 1.28 bits per heavy atom. The molecule has 25 heavy (non-hydrogen) atoms. The molecule has 2 aromatic heterocycles. The van der Waals surface area contributed by atoms with Crippen molar-refractivity contribution in [1.82, 2.24) is 14.8 Å². The van der Waals surface area contributed by atoms with Gasteiger partial charge in [-0.1, -0.05) is 43.3 Å². The number of hydrogen-bond acceptors (Lipinski definition) is 4. The second-order valence-electron chi connectivity index (χ2n) is 5.97. The van der Waals surface area contributed by atoms with E-state index in [1.165, 1.54) is 17.0 Å². The van der Waals surface area contributed by atoms with Crippen LogP contribution in [0.3, 0.4) is 0 Å². The molecule has 0 amide bonds. The van der Waals surface area contributed by atoms with E-state index in [2.05, 4.69) is 47.0 Å². The van der Waals surface area contributed by atoms with Gasteiger partial charge in [-0.3, -0.25) is 0 Å². The second-order valence-corrected chi connectivity index (χ2v) is 8.26. The summed E-state index contributed by atoms with van der Waals surface area (Å²) in [4.78, 5) is 1.34. The highest BCUT2D eigenvalue weighted by atomic mass is 35.5. The number of thioether (sulfide) groups is 1. The summed E-state index contributed by atoms with van der Waals surface area (Å²) in [6.45, 7) is 7.24. The van der Waals surface area contributed by atoms with Crippen molar-refractivity contribution in [1.29, 1.82) is 0 Å². The lowest BCUT2D eigenvalue weighted by Gasteiger charge is -2.07. The maximum Gasteiger partial charge on any atom is 0.191 e. The maximum absolute atomic E-state index is 13.2. The molecule has 0 aliphatic rings. The summed E-state index contributed by atoms with van der Waals surface area (Å²) in [5.74, 6) is 1.69. The molecule has 0 N–H and O–H groups in total. The van der Waals surface area contributed by atoms with Crippen molar-refractivity contribution >= 4 is 34.7 Å². The van der Waals surface area contributed by atoms with E-state index in [0.29, 0.717) is 16.7 Å². The van der Waals surface area contributed by atoms with E-state index in [-0.39, 0.29) is 5.82 Å². The Hall–Kier alpha value is -1.37. The summed E-state index contributed by atoms with van der Waals surface area (Å²) in [6.07, 6.45) is 0.